The number of aryl methyl sites for hydroxylation is 1. The Bertz CT molecular complexity index is 860. The van der Waals surface area contributed by atoms with Gasteiger partial charge in [-0.05, 0) is 37.6 Å². The van der Waals surface area contributed by atoms with Crippen molar-refractivity contribution in [3.05, 3.63) is 57.1 Å². The summed E-state index contributed by atoms with van der Waals surface area (Å²) in [5.74, 6) is 0. The number of nitro benzene ring substituents is 1. The van der Waals surface area contributed by atoms with E-state index < -0.39 is 4.92 Å². The fourth-order valence-corrected chi connectivity index (χ4v) is 2.29. The van der Waals surface area contributed by atoms with Gasteiger partial charge in [0.1, 0.15) is 12.1 Å². The van der Waals surface area contributed by atoms with Crippen molar-refractivity contribution in [3.8, 4) is 12.1 Å². The van der Waals surface area contributed by atoms with E-state index in [2.05, 4.69) is 16.2 Å². The maximum absolute atomic E-state index is 10.9. The minimum absolute atomic E-state index is 0.0140. The largest absolute Gasteiger partial charge is 0.385 e. The fourth-order valence-electron chi connectivity index (χ4n) is 2.29. The molecule has 3 N–H and O–H groups in total. The third-order valence-electron chi connectivity index (χ3n) is 3.50. The molecule has 0 unspecified atom stereocenters. The second kappa shape index (κ2) is 7.66. The van der Waals surface area contributed by atoms with Crippen LogP contribution in [0.5, 0.6) is 0 Å². The molecule has 0 aromatic heterocycles. The van der Waals surface area contributed by atoms with Crippen LogP contribution in [0.15, 0.2) is 30.3 Å². The molecular weight excluding hydrogens is 320 g/mol. The van der Waals surface area contributed by atoms with Gasteiger partial charge in [-0.25, -0.2) is 0 Å². The molecule has 0 fully saturated rings. The summed E-state index contributed by atoms with van der Waals surface area (Å²) < 4.78 is 0. The molecule has 126 valence electrons. The van der Waals surface area contributed by atoms with Crippen LogP contribution in [0.25, 0.3) is 0 Å². The summed E-state index contributed by atoms with van der Waals surface area (Å²) >= 11 is 0. The molecule has 2 aromatic carbocycles. The highest BCUT2D eigenvalue weighted by molar-refractivity contribution is 5.72. The van der Waals surface area contributed by atoms with Gasteiger partial charge in [0, 0.05) is 24.4 Å². The molecule has 2 aromatic rings. The molecule has 0 aliphatic carbocycles. The molecule has 25 heavy (non-hydrogen) atoms. The molecule has 0 aliphatic heterocycles. The first-order valence-corrected chi connectivity index (χ1v) is 7.49. The summed E-state index contributed by atoms with van der Waals surface area (Å²) in [6.45, 7) is 4.73. The number of benzene rings is 2. The standard InChI is InChI=1S/C17H16N6O2/c1-3-20-14-4-5-16(11(2)6-14)21-22-17-12(9-18)7-15(23(24)25)8-13(17)10-19/h4-8,20-22H,3H2,1-2H3. The highest BCUT2D eigenvalue weighted by Gasteiger charge is 2.16. The first-order valence-electron chi connectivity index (χ1n) is 7.49. The van der Waals surface area contributed by atoms with Crippen LogP contribution in [0.2, 0.25) is 0 Å². The Labute approximate surface area is 144 Å². The minimum Gasteiger partial charge on any atom is -0.385 e. The second-order valence-electron chi connectivity index (χ2n) is 5.21. The van der Waals surface area contributed by atoms with E-state index in [0.29, 0.717) is 0 Å². The highest BCUT2D eigenvalue weighted by atomic mass is 16.6. The van der Waals surface area contributed by atoms with Crippen molar-refractivity contribution in [1.82, 2.24) is 0 Å². The molecule has 0 atom stereocenters. The third-order valence-corrected chi connectivity index (χ3v) is 3.50. The lowest BCUT2D eigenvalue weighted by Gasteiger charge is -2.15. The number of hydrogen-bond donors (Lipinski definition) is 3. The van der Waals surface area contributed by atoms with Crippen molar-refractivity contribution in [2.45, 2.75) is 13.8 Å². The van der Waals surface area contributed by atoms with Crippen LogP contribution in [0.3, 0.4) is 0 Å². The predicted molar refractivity (Wildman–Crippen MR) is 95.1 cm³/mol. The average Bonchev–Trinajstić information content (AvgIpc) is 2.60. The van der Waals surface area contributed by atoms with E-state index in [0.717, 1.165) is 35.6 Å². The second-order valence-corrected chi connectivity index (χ2v) is 5.21. The number of nitrogens with one attached hydrogen (secondary N) is 3. The zero-order valence-corrected chi connectivity index (χ0v) is 13.8. The lowest BCUT2D eigenvalue weighted by Crippen LogP contribution is -2.13. The summed E-state index contributed by atoms with van der Waals surface area (Å²) in [6, 6.07) is 11.7. The van der Waals surface area contributed by atoms with Crippen LogP contribution in [0.4, 0.5) is 22.7 Å². The molecule has 0 spiro atoms. The van der Waals surface area contributed by atoms with Gasteiger partial charge in [-0.3, -0.25) is 15.5 Å². The van der Waals surface area contributed by atoms with E-state index in [9.17, 15) is 20.6 Å². The van der Waals surface area contributed by atoms with Crippen LogP contribution < -0.4 is 16.2 Å². The lowest BCUT2D eigenvalue weighted by molar-refractivity contribution is -0.384. The van der Waals surface area contributed by atoms with Gasteiger partial charge in [-0.1, -0.05) is 0 Å². The van der Waals surface area contributed by atoms with Crippen LogP contribution in [-0.2, 0) is 0 Å². The van der Waals surface area contributed by atoms with E-state index in [1.54, 1.807) is 0 Å². The summed E-state index contributed by atoms with van der Waals surface area (Å²) in [5, 5.41) is 32.6. The van der Waals surface area contributed by atoms with Gasteiger partial charge in [0.2, 0.25) is 0 Å². The van der Waals surface area contributed by atoms with E-state index in [4.69, 9.17) is 0 Å². The molecule has 8 heteroatoms. The van der Waals surface area contributed by atoms with Crippen LogP contribution in [-0.4, -0.2) is 11.5 Å². The molecule has 0 aliphatic rings. The maximum Gasteiger partial charge on any atom is 0.272 e. The molecule has 2 rings (SSSR count). The Morgan fingerprint density at radius 1 is 1.12 bits per heavy atom. The van der Waals surface area contributed by atoms with Gasteiger partial charge in [-0.2, -0.15) is 10.5 Å². The first kappa shape index (κ1) is 17.6. The van der Waals surface area contributed by atoms with Crippen molar-refractivity contribution >= 4 is 22.7 Å². The highest BCUT2D eigenvalue weighted by Crippen LogP contribution is 2.27. The smallest absolute Gasteiger partial charge is 0.272 e. The fraction of sp³-hybridized carbons (Fsp3) is 0.176. The molecule has 0 saturated carbocycles. The number of non-ortho nitro benzene ring substituents is 1. The average molecular weight is 336 g/mol. The van der Waals surface area contributed by atoms with Crippen molar-refractivity contribution in [3.63, 3.8) is 0 Å². The van der Waals surface area contributed by atoms with E-state index in [-0.39, 0.29) is 22.5 Å². The Hall–Kier alpha value is -3.78. The van der Waals surface area contributed by atoms with Gasteiger partial charge in [-0.15, -0.1) is 0 Å². The Kier molecular flexibility index (Phi) is 5.39. The first-order chi connectivity index (χ1) is 12.0. The molecule has 0 bridgehead atoms. The zero-order chi connectivity index (χ0) is 18.4. The Morgan fingerprint density at radius 2 is 1.76 bits per heavy atom. The number of rotatable bonds is 6. The SMILES string of the molecule is CCNc1ccc(NNc2c(C#N)cc([N+](=O)[O-])cc2C#N)c(C)c1. The molecule has 0 heterocycles. The van der Waals surface area contributed by atoms with Crippen LogP contribution in [0.1, 0.15) is 23.6 Å². The van der Waals surface area contributed by atoms with Crippen LogP contribution >= 0.6 is 0 Å². The minimum atomic E-state index is -0.636. The Morgan fingerprint density at radius 3 is 2.24 bits per heavy atom. The van der Waals surface area contributed by atoms with Crippen molar-refractivity contribution in [2.24, 2.45) is 0 Å². The van der Waals surface area contributed by atoms with Crippen LogP contribution in [0, 0.1) is 39.7 Å². The number of anilines is 3. The zero-order valence-electron chi connectivity index (χ0n) is 13.8. The molecule has 0 saturated heterocycles. The van der Waals surface area contributed by atoms with E-state index >= 15 is 0 Å². The Balaban J connectivity index is 2.31. The number of hydrazine groups is 1. The predicted octanol–water partition coefficient (Wildman–Crippen LogP) is 3.52. The third kappa shape index (κ3) is 3.95. The number of hydrogen-bond acceptors (Lipinski definition) is 7. The summed E-state index contributed by atoms with van der Waals surface area (Å²) in [5.41, 5.74) is 8.38. The molecule has 8 nitrogen and oxygen atoms in total. The van der Waals surface area contributed by atoms with Crippen molar-refractivity contribution < 1.29 is 4.92 Å². The number of nitriles is 2. The van der Waals surface area contributed by atoms with E-state index in [1.807, 2.05) is 44.2 Å². The lowest BCUT2D eigenvalue weighted by atomic mass is 10.1. The topological polar surface area (TPSA) is 127 Å². The molecule has 0 amide bonds. The van der Waals surface area contributed by atoms with Crippen molar-refractivity contribution in [1.29, 1.82) is 10.5 Å². The van der Waals surface area contributed by atoms with Gasteiger partial charge in [0.15, 0.2) is 0 Å². The van der Waals surface area contributed by atoms with E-state index in [1.165, 1.54) is 0 Å². The number of nitro groups is 1. The van der Waals surface area contributed by atoms with Gasteiger partial charge in [0.05, 0.1) is 27.4 Å². The summed E-state index contributed by atoms with van der Waals surface area (Å²) in [4.78, 5) is 10.3. The monoisotopic (exact) mass is 336 g/mol. The van der Waals surface area contributed by atoms with Gasteiger partial charge < -0.3 is 10.7 Å². The van der Waals surface area contributed by atoms with Gasteiger partial charge >= 0.3 is 0 Å². The number of nitrogens with zero attached hydrogens (tertiary/aromatic N) is 3. The van der Waals surface area contributed by atoms with Gasteiger partial charge in [0.25, 0.3) is 5.69 Å². The normalized spacial score (nSPS) is 9.60. The summed E-state index contributed by atoms with van der Waals surface area (Å²) in [6.07, 6.45) is 0. The van der Waals surface area contributed by atoms with Crippen molar-refractivity contribution in [2.75, 3.05) is 22.7 Å². The molecule has 0 radical (unpaired) electrons. The maximum atomic E-state index is 10.9. The summed E-state index contributed by atoms with van der Waals surface area (Å²) in [7, 11) is 0. The quantitative estimate of drug-likeness (QED) is 0.544. The molecular formula is C17H16N6O2.